The van der Waals surface area contributed by atoms with Crippen molar-refractivity contribution >= 4 is 33.4 Å². The van der Waals surface area contributed by atoms with Gasteiger partial charge in [-0.2, -0.15) is 0 Å². The smallest absolute Gasteiger partial charge is 0.261 e. The van der Waals surface area contributed by atoms with Gasteiger partial charge in [0.1, 0.15) is 5.82 Å². The highest BCUT2D eigenvalue weighted by Gasteiger charge is 2.16. The molecule has 0 aliphatic carbocycles. The van der Waals surface area contributed by atoms with Gasteiger partial charge in [-0.05, 0) is 36.4 Å². The van der Waals surface area contributed by atoms with Crippen LogP contribution in [0.25, 0.3) is 0 Å². The van der Waals surface area contributed by atoms with E-state index in [1.54, 1.807) is 24.3 Å². The Bertz CT molecular complexity index is 793. The van der Waals surface area contributed by atoms with Crippen LogP contribution in [0.2, 0.25) is 0 Å². The zero-order valence-corrected chi connectivity index (χ0v) is 13.7. The van der Waals surface area contributed by atoms with Crippen LogP contribution in [-0.4, -0.2) is 20.1 Å². The first-order valence-corrected chi connectivity index (χ1v) is 9.14. The highest BCUT2D eigenvalue weighted by atomic mass is 32.2. The zero-order valence-electron chi connectivity index (χ0n) is 12.0. The molecule has 0 unspecified atom stereocenters. The summed E-state index contributed by atoms with van der Waals surface area (Å²) in [5.74, 6) is -0.474. The molecule has 0 heterocycles. The van der Waals surface area contributed by atoms with Gasteiger partial charge in [-0.3, -0.25) is 9.52 Å². The third kappa shape index (κ3) is 4.97. The molecule has 2 aromatic carbocycles. The summed E-state index contributed by atoms with van der Waals surface area (Å²) < 4.78 is 40.0. The van der Waals surface area contributed by atoms with E-state index in [9.17, 15) is 17.6 Å². The second-order valence-corrected chi connectivity index (χ2v) is 7.44. The molecule has 0 saturated heterocycles. The van der Waals surface area contributed by atoms with E-state index < -0.39 is 21.7 Å². The van der Waals surface area contributed by atoms with Crippen LogP contribution < -0.4 is 10.5 Å². The fraction of sp³-hybridized carbons (Fsp3) is 0.133. The molecular formula is C15H15FN2O3S2. The van der Waals surface area contributed by atoms with Crippen molar-refractivity contribution in [3.8, 4) is 0 Å². The van der Waals surface area contributed by atoms with Crippen molar-refractivity contribution < 1.29 is 17.6 Å². The Balaban J connectivity index is 2.18. The lowest BCUT2D eigenvalue weighted by Crippen LogP contribution is -2.14. The number of halogens is 1. The fourth-order valence-corrected chi connectivity index (χ4v) is 3.87. The second-order valence-electron chi connectivity index (χ2n) is 4.62. The number of amides is 1. The molecule has 8 heteroatoms. The maximum Gasteiger partial charge on any atom is 0.261 e. The van der Waals surface area contributed by atoms with Crippen LogP contribution in [0, 0.1) is 5.82 Å². The number of benzene rings is 2. The number of thioether (sulfide) groups is 1. The third-order valence-corrected chi connectivity index (χ3v) is 5.32. The predicted octanol–water partition coefficient (Wildman–Crippen LogP) is 2.59. The van der Waals surface area contributed by atoms with Gasteiger partial charge < -0.3 is 5.73 Å². The molecule has 23 heavy (non-hydrogen) atoms. The van der Waals surface area contributed by atoms with Crippen LogP contribution in [0.3, 0.4) is 0 Å². The molecule has 1 amide bonds. The van der Waals surface area contributed by atoms with Crippen molar-refractivity contribution in [2.24, 2.45) is 5.73 Å². The van der Waals surface area contributed by atoms with Crippen LogP contribution in [-0.2, 0) is 14.8 Å². The predicted molar refractivity (Wildman–Crippen MR) is 88.2 cm³/mol. The summed E-state index contributed by atoms with van der Waals surface area (Å²) >= 11 is 1.33. The number of carbonyl (C=O) groups excluding carboxylic acids is 1. The van der Waals surface area contributed by atoms with Crippen molar-refractivity contribution in [2.75, 3.05) is 10.5 Å². The van der Waals surface area contributed by atoms with Gasteiger partial charge in [0.05, 0.1) is 10.6 Å². The number of para-hydroxylation sites is 1. The van der Waals surface area contributed by atoms with Gasteiger partial charge in [0.15, 0.2) is 0 Å². The number of carbonyl (C=O) groups is 1. The Hall–Kier alpha value is -2.06. The molecule has 0 fully saturated rings. The van der Waals surface area contributed by atoms with E-state index >= 15 is 0 Å². The number of primary amides is 1. The number of rotatable bonds is 7. The molecule has 5 nitrogen and oxygen atoms in total. The summed E-state index contributed by atoms with van der Waals surface area (Å²) in [4.78, 5) is 11.4. The molecule has 0 saturated carbocycles. The summed E-state index contributed by atoms with van der Waals surface area (Å²) in [6, 6.07) is 11.4. The van der Waals surface area contributed by atoms with Crippen molar-refractivity contribution in [2.45, 2.75) is 16.2 Å². The van der Waals surface area contributed by atoms with Gasteiger partial charge >= 0.3 is 0 Å². The summed E-state index contributed by atoms with van der Waals surface area (Å²) in [5.41, 5.74) is 5.48. The summed E-state index contributed by atoms with van der Waals surface area (Å²) in [7, 11) is -3.82. The molecule has 122 valence electrons. The van der Waals surface area contributed by atoms with Crippen LogP contribution in [0.4, 0.5) is 10.1 Å². The average molecular weight is 354 g/mol. The lowest BCUT2D eigenvalue weighted by molar-refractivity contribution is -0.117. The Kier molecular flexibility index (Phi) is 5.62. The minimum absolute atomic E-state index is 0.0316. The monoisotopic (exact) mass is 354 g/mol. The van der Waals surface area contributed by atoms with E-state index in [1.807, 2.05) is 0 Å². The third-order valence-electron chi connectivity index (χ3n) is 2.86. The molecule has 0 aromatic heterocycles. The molecule has 0 aliphatic rings. The fourth-order valence-electron chi connectivity index (χ4n) is 1.76. The van der Waals surface area contributed by atoms with Gasteiger partial charge in [-0.1, -0.05) is 12.1 Å². The van der Waals surface area contributed by atoms with Gasteiger partial charge in [-0.25, -0.2) is 12.8 Å². The van der Waals surface area contributed by atoms with E-state index in [-0.39, 0.29) is 11.3 Å². The Morgan fingerprint density at radius 1 is 1.13 bits per heavy atom. The van der Waals surface area contributed by atoms with E-state index in [4.69, 9.17) is 5.73 Å². The molecule has 2 rings (SSSR count). The standard InChI is InChI=1S/C15H15FN2O3S2/c16-11-5-7-12(8-6-11)23(20,21)18-13-3-1-2-4-14(13)22-10-9-15(17)19/h1-8,18H,9-10H2,(H2,17,19). The summed E-state index contributed by atoms with van der Waals surface area (Å²) in [6.45, 7) is 0. The second kappa shape index (κ2) is 7.47. The maximum atomic E-state index is 12.9. The number of hydrogen-bond acceptors (Lipinski definition) is 4. The van der Waals surface area contributed by atoms with Crippen LogP contribution in [0.15, 0.2) is 58.3 Å². The number of nitrogens with two attached hydrogens (primary N) is 1. The van der Waals surface area contributed by atoms with Gasteiger partial charge in [0, 0.05) is 17.1 Å². The first-order valence-electron chi connectivity index (χ1n) is 6.67. The van der Waals surface area contributed by atoms with E-state index in [0.29, 0.717) is 16.3 Å². The summed E-state index contributed by atoms with van der Waals surface area (Å²) in [5, 5.41) is 0. The minimum Gasteiger partial charge on any atom is -0.370 e. The zero-order chi connectivity index (χ0) is 16.9. The molecule has 0 aliphatic heterocycles. The number of hydrogen-bond donors (Lipinski definition) is 2. The lowest BCUT2D eigenvalue weighted by Gasteiger charge is -2.12. The van der Waals surface area contributed by atoms with Crippen LogP contribution in [0.5, 0.6) is 0 Å². The number of sulfonamides is 1. The topological polar surface area (TPSA) is 89.3 Å². The average Bonchev–Trinajstić information content (AvgIpc) is 2.49. The highest BCUT2D eigenvalue weighted by molar-refractivity contribution is 7.99. The van der Waals surface area contributed by atoms with Gasteiger partial charge in [0.25, 0.3) is 10.0 Å². The Morgan fingerprint density at radius 3 is 2.43 bits per heavy atom. The largest absolute Gasteiger partial charge is 0.370 e. The molecular weight excluding hydrogens is 339 g/mol. The maximum absolute atomic E-state index is 12.9. The Morgan fingerprint density at radius 2 is 1.78 bits per heavy atom. The SMILES string of the molecule is NC(=O)CCSc1ccccc1NS(=O)(=O)c1ccc(F)cc1. The molecule has 0 atom stereocenters. The van der Waals surface area contributed by atoms with Crippen molar-refractivity contribution in [1.82, 2.24) is 0 Å². The van der Waals surface area contributed by atoms with Crippen LogP contribution in [0.1, 0.15) is 6.42 Å². The minimum atomic E-state index is -3.82. The van der Waals surface area contributed by atoms with Gasteiger partial charge in [-0.15, -0.1) is 11.8 Å². The molecule has 0 bridgehead atoms. The quantitative estimate of drug-likeness (QED) is 0.748. The highest BCUT2D eigenvalue weighted by Crippen LogP contribution is 2.29. The van der Waals surface area contributed by atoms with Gasteiger partial charge in [0.2, 0.25) is 5.91 Å². The van der Waals surface area contributed by atoms with E-state index in [1.165, 1.54) is 23.9 Å². The first-order chi connectivity index (χ1) is 10.9. The summed E-state index contributed by atoms with van der Waals surface area (Å²) in [6.07, 6.45) is 0.198. The molecule has 0 radical (unpaired) electrons. The number of nitrogens with one attached hydrogen (secondary N) is 1. The molecule has 2 aromatic rings. The van der Waals surface area contributed by atoms with E-state index in [2.05, 4.69) is 4.72 Å². The van der Waals surface area contributed by atoms with Crippen molar-refractivity contribution in [1.29, 1.82) is 0 Å². The van der Waals surface area contributed by atoms with Crippen molar-refractivity contribution in [3.05, 3.63) is 54.3 Å². The van der Waals surface area contributed by atoms with Crippen LogP contribution >= 0.6 is 11.8 Å². The first kappa shape index (κ1) is 17.3. The van der Waals surface area contributed by atoms with E-state index in [0.717, 1.165) is 12.1 Å². The van der Waals surface area contributed by atoms with Crippen molar-refractivity contribution in [3.63, 3.8) is 0 Å². The number of anilines is 1. The molecule has 3 N–H and O–H groups in total. The molecule has 0 spiro atoms. The Labute approximate surface area is 138 Å². The normalized spacial score (nSPS) is 11.2. The lowest BCUT2D eigenvalue weighted by atomic mass is 10.3.